The van der Waals surface area contributed by atoms with E-state index in [0.717, 1.165) is 44.1 Å². The molecule has 0 amide bonds. The first-order valence-corrected chi connectivity index (χ1v) is 8.47. The first-order valence-electron chi connectivity index (χ1n) is 7.68. The smallest absolute Gasteiger partial charge is 0.283 e. The second-order valence-electron chi connectivity index (χ2n) is 6.21. The molecule has 5 nitrogen and oxygen atoms in total. The minimum atomic E-state index is -0.0291. The van der Waals surface area contributed by atoms with Crippen LogP contribution in [0.15, 0.2) is 15.5 Å². The summed E-state index contributed by atoms with van der Waals surface area (Å²) in [6.45, 7) is 7.87. The van der Waals surface area contributed by atoms with Gasteiger partial charge in [0.1, 0.15) is 4.47 Å². The van der Waals surface area contributed by atoms with E-state index in [1.807, 2.05) is 13.2 Å². The van der Waals surface area contributed by atoms with Gasteiger partial charge in [-0.05, 0) is 54.2 Å². The predicted molar refractivity (Wildman–Crippen MR) is 89.9 cm³/mol. The molecule has 1 N–H and O–H groups in total. The molecule has 2 heterocycles. The average Bonchev–Trinajstić information content (AvgIpc) is 2.45. The Morgan fingerprint density at radius 2 is 2.10 bits per heavy atom. The maximum Gasteiger partial charge on any atom is 0.283 e. The number of hydrogen-bond acceptors (Lipinski definition) is 4. The summed E-state index contributed by atoms with van der Waals surface area (Å²) in [5.41, 5.74) is 0.904. The van der Waals surface area contributed by atoms with Crippen molar-refractivity contribution in [3.63, 3.8) is 0 Å². The van der Waals surface area contributed by atoms with Gasteiger partial charge in [-0.1, -0.05) is 13.8 Å². The molecule has 0 atom stereocenters. The lowest BCUT2D eigenvalue weighted by Gasteiger charge is -2.33. The van der Waals surface area contributed by atoms with Crippen LogP contribution in [0.5, 0.6) is 0 Å². The fraction of sp³-hybridized carbons (Fsp3) is 0.733. The van der Waals surface area contributed by atoms with Crippen molar-refractivity contribution in [1.82, 2.24) is 15.1 Å². The van der Waals surface area contributed by atoms with Gasteiger partial charge in [-0.3, -0.25) is 4.79 Å². The number of hydrogen-bond donors (Lipinski definition) is 1. The highest BCUT2D eigenvalue weighted by Crippen LogP contribution is 2.26. The van der Waals surface area contributed by atoms with Crippen LogP contribution in [0.1, 0.15) is 26.7 Å². The van der Waals surface area contributed by atoms with Gasteiger partial charge in [0.2, 0.25) is 0 Å². The fourth-order valence-corrected chi connectivity index (χ4v) is 3.38. The van der Waals surface area contributed by atoms with Gasteiger partial charge in [-0.2, -0.15) is 5.10 Å². The minimum absolute atomic E-state index is 0.0291. The van der Waals surface area contributed by atoms with Gasteiger partial charge in [-0.15, -0.1) is 0 Å². The number of nitrogens with one attached hydrogen (secondary N) is 1. The number of anilines is 1. The highest BCUT2D eigenvalue weighted by atomic mass is 79.9. The van der Waals surface area contributed by atoms with Crippen molar-refractivity contribution in [2.24, 2.45) is 11.8 Å². The quantitative estimate of drug-likeness (QED) is 0.877. The van der Waals surface area contributed by atoms with E-state index >= 15 is 0 Å². The van der Waals surface area contributed by atoms with Crippen LogP contribution in [0.25, 0.3) is 0 Å². The second kappa shape index (κ2) is 7.40. The molecule has 1 aliphatic heterocycles. The maximum atomic E-state index is 12.4. The molecule has 1 aromatic heterocycles. The van der Waals surface area contributed by atoms with Crippen molar-refractivity contribution >= 4 is 21.6 Å². The standard InChI is InChI=1S/C15H25BrN4O/c1-11(2)10-20-15(21)14(16)13(9-18-20)19-6-4-12(5-7-19)8-17-3/h9,11-12,17H,4-8,10H2,1-3H3. The van der Waals surface area contributed by atoms with Crippen LogP contribution in [-0.2, 0) is 6.54 Å². The molecule has 0 aliphatic carbocycles. The number of rotatable bonds is 5. The Morgan fingerprint density at radius 3 is 2.67 bits per heavy atom. The monoisotopic (exact) mass is 356 g/mol. The summed E-state index contributed by atoms with van der Waals surface area (Å²) >= 11 is 3.48. The zero-order valence-electron chi connectivity index (χ0n) is 13.1. The van der Waals surface area contributed by atoms with Crippen molar-refractivity contribution < 1.29 is 0 Å². The largest absolute Gasteiger partial charge is 0.369 e. The maximum absolute atomic E-state index is 12.4. The first-order chi connectivity index (χ1) is 10.0. The molecule has 1 aromatic rings. The summed E-state index contributed by atoms with van der Waals surface area (Å²) in [6, 6.07) is 0. The zero-order chi connectivity index (χ0) is 15.4. The highest BCUT2D eigenvalue weighted by Gasteiger charge is 2.22. The predicted octanol–water partition coefficient (Wildman–Crippen LogP) is 2.10. The SMILES string of the molecule is CNCC1CCN(c2cnn(CC(C)C)c(=O)c2Br)CC1. The van der Waals surface area contributed by atoms with Crippen molar-refractivity contribution in [3.05, 3.63) is 21.0 Å². The van der Waals surface area contributed by atoms with E-state index in [0.29, 0.717) is 16.9 Å². The molecule has 0 saturated carbocycles. The van der Waals surface area contributed by atoms with Gasteiger partial charge < -0.3 is 10.2 Å². The topological polar surface area (TPSA) is 50.2 Å². The first kappa shape index (κ1) is 16.5. The molecule has 0 aromatic carbocycles. The average molecular weight is 357 g/mol. The van der Waals surface area contributed by atoms with Crippen molar-refractivity contribution in [2.75, 3.05) is 31.6 Å². The van der Waals surface area contributed by atoms with E-state index in [1.54, 1.807) is 4.68 Å². The van der Waals surface area contributed by atoms with E-state index in [4.69, 9.17) is 0 Å². The van der Waals surface area contributed by atoms with Gasteiger partial charge in [0, 0.05) is 19.6 Å². The van der Waals surface area contributed by atoms with Gasteiger partial charge in [0.15, 0.2) is 0 Å². The van der Waals surface area contributed by atoms with Crippen LogP contribution in [0.4, 0.5) is 5.69 Å². The molecule has 0 unspecified atom stereocenters. The van der Waals surface area contributed by atoms with Crippen LogP contribution in [0.3, 0.4) is 0 Å². The molecule has 1 saturated heterocycles. The Hall–Kier alpha value is -0.880. The fourth-order valence-electron chi connectivity index (χ4n) is 2.82. The Morgan fingerprint density at radius 1 is 1.43 bits per heavy atom. The third-order valence-corrected chi connectivity index (χ3v) is 4.70. The minimum Gasteiger partial charge on any atom is -0.369 e. The van der Waals surface area contributed by atoms with Gasteiger partial charge in [-0.25, -0.2) is 4.68 Å². The highest BCUT2D eigenvalue weighted by molar-refractivity contribution is 9.10. The van der Waals surface area contributed by atoms with Crippen LogP contribution in [-0.4, -0.2) is 36.5 Å². The lowest BCUT2D eigenvalue weighted by Crippen LogP contribution is -2.38. The normalized spacial score (nSPS) is 16.7. The summed E-state index contributed by atoms with van der Waals surface area (Å²) < 4.78 is 2.19. The zero-order valence-corrected chi connectivity index (χ0v) is 14.7. The van der Waals surface area contributed by atoms with Gasteiger partial charge in [0.05, 0.1) is 11.9 Å². The number of piperidine rings is 1. The van der Waals surface area contributed by atoms with E-state index in [2.05, 4.69) is 45.1 Å². The van der Waals surface area contributed by atoms with E-state index in [9.17, 15) is 4.79 Å². The summed E-state index contributed by atoms with van der Waals surface area (Å²) in [7, 11) is 2.00. The molecular formula is C15H25BrN4O. The third kappa shape index (κ3) is 4.07. The summed E-state index contributed by atoms with van der Waals surface area (Å²) in [6.07, 6.45) is 4.14. The number of halogens is 1. The Labute approximate surface area is 134 Å². The van der Waals surface area contributed by atoms with E-state index < -0.39 is 0 Å². The molecule has 1 aliphatic rings. The summed E-state index contributed by atoms with van der Waals surface area (Å²) in [4.78, 5) is 14.6. The molecule has 21 heavy (non-hydrogen) atoms. The van der Waals surface area contributed by atoms with Gasteiger partial charge >= 0.3 is 0 Å². The van der Waals surface area contributed by atoms with Crippen LogP contribution >= 0.6 is 15.9 Å². The summed E-state index contributed by atoms with van der Waals surface area (Å²) in [5, 5.41) is 7.57. The van der Waals surface area contributed by atoms with Crippen molar-refractivity contribution in [1.29, 1.82) is 0 Å². The molecule has 1 fully saturated rings. The third-order valence-electron chi connectivity index (χ3n) is 3.95. The lowest BCUT2D eigenvalue weighted by molar-refractivity contribution is 0.392. The number of aromatic nitrogens is 2. The van der Waals surface area contributed by atoms with Crippen molar-refractivity contribution in [2.45, 2.75) is 33.2 Å². The molecule has 0 bridgehead atoms. The molecular weight excluding hydrogens is 332 g/mol. The Bertz CT molecular complexity index is 521. The lowest BCUT2D eigenvalue weighted by atomic mass is 9.96. The van der Waals surface area contributed by atoms with E-state index in [-0.39, 0.29) is 5.56 Å². The Kier molecular flexibility index (Phi) is 5.81. The molecule has 0 spiro atoms. The van der Waals surface area contributed by atoms with Crippen LogP contribution in [0.2, 0.25) is 0 Å². The summed E-state index contributed by atoms with van der Waals surface area (Å²) in [5.74, 6) is 1.14. The molecule has 6 heteroatoms. The Balaban J connectivity index is 2.11. The molecule has 118 valence electrons. The van der Waals surface area contributed by atoms with Crippen molar-refractivity contribution in [3.8, 4) is 0 Å². The van der Waals surface area contributed by atoms with Crippen LogP contribution in [0, 0.1) is 11.8 Å². The molecule has 0 radical (unpaired) electrons. The second-order valence-corrected chi connectivity index (χ2v) is 7.01. The van der Waals surface area contributed by atoms with Crippen LogP contribution < -0.4 is 15.8 Å². The number of nitrogens with zero attached hydrogens (tertiary/aromatic N) is 3. The van der Waals surface area contributed by atoms with Gasteiger partial charge in [0.25, 0.3) is 5.56 Å². The van der Waals surface area contributed by atoms with E-state index in [1.165, 1.54) is 0 Å². The molecule has 2 rings (SSSR count).